The lowest BCUT2D eigenvalue weighted by molar-refractivity contribution is 0.481. The molecule has 0 saturated heterocycles. The molecule has 0 N–H and O–H groups in total. The summed E-state index contributed by atoms with van der Waals surface area (Å²) in [6.07, 6.45) is 3.53. The van der Waals surface area contributed by atoms with Crippen LogP contribution in [0.25, 0.3) is 56.7 Å². The number of halogens is 6. The first-order valence-electron chi connectivity index (χ1n) is 38.2. The summed E-state index contributed by atoms with van der Waals surface area (Å²) < 4.78 is 113. The first-order valence-corrected chi connectivity index (χ1v) is 38.2. The largest absolute Gasteiger partial charge is 0.457 e. The third-order valence-corrected chi connectivity index (χ3v) is 23.9. The van der Waals surface area contributed by atoms with Crippen molar-refractivity contribution in [1.29, 1.82) is 0 Å². The van der Waals surface area contributed by atoms with Gasteiger partial charge in [0.15, 0.2) is 0 Å². The molecule has 0 saturated carbocycles. The fourth-order valence-electron chi connectivity index (χ4n) is 18.8. The van der Waals surface area contributed by atoms with Crippen LogP contribution in [0, 0.1) is 48.8 Å². The molecule has 0 amide bonds. The summed E-state index contributed by atoms with van der Waals surface area (Å²) in [4.78, 5) is 4.12. The average molecular weight is 1500 g/mol. The van der Waals surface area contributed by atoms with E-state index in [0.29, 0.717) is 90.5 Å². The maximum absolute atomic E-state index is 17.6. The second kappa shape index (κ2) is 27.0. The molecule has 0 heterocycles. The van der Waals surface area contributed by atoms with Crippen molar-refractivity contribution >= 4 is 46.3 Å². The monoisotopic (exact) mass is 1500 g/mol. The molecule has 1 spiro atoms. The van der Waals surface area contributed by atoms with Crippen LogP contribution in [-0.2, 0) is 16.2 Å². The van der Waals surface area contributed by atoms with Gasteiger partial charge in [-0.05, 0) is 270 Å². The Bertz CT molecular complexity index is 6310. The highest BCUT2D eigenvalue weighted by Gasteiger charge is 2.54. The van der Waals surface area contributed by atoms with Crippen molar-refractivity contribution in [3.05, 3.63) is 477 Å². The first kappa shape index (κ1) is 69.9. The van der Waals surface area contributed by atoms with Crippen molar-refractivity contribution in [2.24, 2.45) is 0 Å². The topological polar surface area (TPSA) is 24.9 Å². The highest BCUT2D eigenvalue weighted by Crippen LogP contribution is 2.66. The molecule has 20 rings (SSSR count). The molecule has 2 unspecified atom stereocenters. The summed E-state index contributed by atoms with van der Waals surface area (Å²) in [5.74, 6) is -1.42. The van der Waals surface area contributed by atoms with Crippen LogP contribution in [0.5, 0.6) is 23.0 Å². The summed E-state index contributed by atoms with van der Waals surface area (Å²) in [5.41, 5.74) is 18.8. The summed E-state index contributed by atoms with van der Waals surface area (Å²) in [7, 11) is 0. The van der Waals surface area contributed by atoms with Crippen molar-refractivity contribution in [1.82, 2.24) is 0 Å². The van der Waals surface area contributed by atoms with Crippen molar-refractivity contribution in [2.45, 2.75) is 30.1 Å². The van der Waals surface area contributed by atoms with E-state index in [9.17, 15) is 0 Å². The Hall–Kier alpha value is -14.2. The highest BCUT2D eigenvalue weighted by atomic mass is 19.2. The third kappa shape index (κ3) is 10.8. The van der Waals surface area contributed by atoms with Crippen molar-refractivity contribution in [3.63, 3.8) is 0 Å². The molecule has 0 bridgehead atoms. The van der Waals surface area contributed by atoms with Crippen LogP contribution < -0.4 is 19.3 Å². The van der Waals surface area contributed by atoms with E-state index in [1.54, 1.807) is 50.3 Å². The van der Waals surface area contributed by atoms with Gasteiger partial charge in [-0.2, -0.15) is 0 Å². The van der Waals surface area contributed by atoms with Gasteiger partial charge in [0.1, 0.15) is 57.9 Å². The Morgan fingerprint density at radius 3 is 0.817 bits per heavy atom. The van der Waals surface area contributed by atoms with E-state index in [1.165, 1.54) is 24.3 Å². The molecule has 115 heavy (non-hydrogen) atoms. The number of anilines is 6. The molecular weight excluding hydrogens is 1440 g/mol. The zero-order valence-corrected chi connectivity index (χ0v) is 62.4. The maximum Gasteiger partial charge on any atom is 0.130 e. The van der Waals surface area contributed by atoms with E-state index in [4.69, 9.17) is 9.47 Å². The Morgan fingerprint density at radius 1 is 0.243 bits per heavy atom. The number of nitrogens with zero attached hydrogens (tertiary/aromatic N) is 2. The predicted molar refractivity (Wildman–Crippen MR) is 449 cm³/mol. The summed E-state index contributed by atoms with van der Waals surface area (Å²) in [6.45, 7) is 11.3. The van der Waals surface area contributed by atoms with Crippen LogP contribution in [-0.4, -0.2) is 0 Å². The SMILES string of the molecule is C=Cc1ccc(Oc2ccc(C3(c4ccc(F)cc4F)c4ccccc4-c4ccc(N(c5ccc(C)c(F)c5)c5ccc6c(c5)C5(c7ccccc7-6)c6ccccc6-c6ccc(N(c7ccc(C)c(F)c7)c7ccc8c(c7)C(c7ccc(Oc9ccc(C=C)cc9)cc7)(c7ccc(F)cc7F)c7ccccc7-8)cc65)cc43)cc2)cc1. The number of rotatable bonds is 16. The van der Waals surface area contributed by atoms with Crippen LogP contribution >= 0.6 is 0 Å². The quantitative estimate of drug-likeness (QED) is 0.0900. The van der Waals surface area contributed by atoms with E-state index in [0.717, 1.165) is 101 Å². The molecule has 16 aromatic rings. The Kier molecular flexibility index (Phi) is 16.4. The molecule has 4 aliphatic rings. The summed E-state index contributed by atoms with van der Waals surface area (Å²) in [6, 6.07) is 107. The minimum atomic E-state index is -1.39. The van der Waals surface area contributed by atoms with Gasteiger partial charge in [0.25, 0.3) is 0 Å². The zero-order chi connectivity index (χ0) is 78.2. The molecule has 0 fully saturated rings. The lowest BCUT2D eigenvalue weighted by Crippen LogP contribution is -2.30. The van der Waals surface area contributed by atoms with E-state index in [1.807, 2.05) is 170 Å². The van der Waals surface area contributed by atoms with Gasteiger partial charge in [-0.3, -0.25) is 0 Å². The van der Waals surface area contributed by atoms with Crippen LogP contribution in [0.2, 0.25) is 0 Å². The normalized spacial score (nSPS) is 16.0. The van der Waals surface area contributed by atoms with Crippen LogP contribution in [0.15, 0.2) is 353 Å². The average Bonchev–Trinajstić information content (AvgIpc) is 1.51. The molecule has 0 aromatic heterocycles. The van der Waals surface area contributed by atoms with Gasteiger partial charge in [-0.25, -0.2) is 26.3 Å². The smallest absolute Gasteiger partial charge is 0.130 e. The standard InChI is InChI=1S/C105H68F6N2O2/c1-5-65-25-41-77(42-26-65)114-79-45-29-67(30-46-79)103(93-53-33-69(106)55-101(93)110)89-19-11-7-15-81(89)85-49-37-71(57-95(85)103)112(75-35-23-63(3)99(108)61-75)73-39-51-87-83-17-9-13-21-91(83)105(97(87)59-73)92-22-14-10-18-84(92)88-52-40-74(60-98(88)105)113(76-36-24-64(4)100(109)62-76)72-38-50-86-82-16-8-12-20-90(82)104(96(86)58-72,94-54-34-70(107)56-102(94)111)68-31-47-80(48-32-68)115-78-43-27-66(6-2)28-44-78/h5-62H,1-2H2,3-4H3. The molecule has 0 aliphatic heterocycles. The van der Waals surface area contributed by atoms with Gasteiger partial charge in [0.05, 0.1) is 16.2 Å². The lowest BCUT2D eigenvalue weighted by atomic mass is 9.67. The molecule has 10 heteroatoms. The van der Waals surface area contributed by atoms with Crippen LogP contribution in [0.3, 0.4) is 0 Å². The molecule has 16 aromatic carbocycles. The number of aryl methyl sites for hydroxylation is 2. The lowest BCUT2D eigenvalue weighted by Gasteiger charge is -2.36. The van der Waals surface area contributed by atoms with Gasteiger partial charge < -0.3 is 19.3 Å². The Balaban J connectivity index is 0.778. The number of fused-ring (bicyclic) bond motifs is 16. The molecule has 2 atom stereocenters. The van der Waals surface area contributed by atoms with E-state index >= 15 is 26.3 Å². The predicted octanol–water partition coefficient (Wildman–Crippen LogP) is 28.0. The number of hydrogen-bond donors (Lipinski definition) is 0. The first-order chi connectivity index (χ1) is 56.1. The second-order valence-electron chi connectivity index (χ2n) is 29.9. The van der Waals surface area contributed by atoms with Crippen molar-refractivity contribution in [3.8, 4) is 67.5 Å². The van der Waals surface area contributed by atoms with Gasteiger partial charge in [-0.15, -0.1) is 0 Å². The van der Waals surface area contributed by atoms with Gasteiger partial charge in [-0.1, -0.05) is 219 Å². The van der Waals surface area contributed by atoms with E-state index < -0.39 is 51.1 Å². The Labute approximate surface area is 662 Å². The Morgan fingerprint density at radius 2 is 0.513 bits per heavy atom. The van der Waals surface area contributed by atoms with Gasteiger partial charge in [0.2, 0.25) is 0 Å². The zero-order valence-electron chi connectivity index (χ0n) is 62.4. The molecular formula is C105H68F6N2O2. The molecule has 0 radical (unpaired) electrons. The van der Waals surface area contributed by atoms with E-state index in [-0.39, 0.29) is 11.1 Å². The molecule has 4 nitrogen and oxygen atoms in total. The van der Waals surface area contributed by atoms with Gasteiger partial charge >= 0.3 is 0 Å². The van der Waals surface area contributed by atoms with Crippen molar-refractivity contribution < 1.29 is 35.8 Å². The molecule has 552 valence electrons. The third-order valence-electron chi connectivity index (χ3n) is 23.9. The van der Waals surface area contributed by atoms with Crippen molar-refractivity contribution in [2.75, 3.05) is 9.80 Å². The fourth-order valence-corrected chi connectivity index (χ4v) is 18.8. The highest BCUT2D eigenvalue weighted by molar-refractivity contribution is 5.99. The van der Waals surface area contributed by atoms with Gasteiger partial charge in [0, 0.05) is 57.4 Å². The summed E-state index contributed by atoms with van der Waals surface area (Å²) in [5, 5.41) is 0. The maximum atomic E-state index is 17.6. The number of hydrogen-bond acceptors (Lipinski definition) is 4. The minimum Gasteiger partial charge on any atom is -0.457 e. The summed E-state index contributed by atoms with van der Waals surface area (Å²) >= 11 is 0. The second-order valence-corrected chi connectivity index (χ2v) is 29.9. The number of ether oxygens (including phenoxy) is 2. The number of benzene rings is 16. The minimum absolute atomic E-state index is 0.232. The fraction of sp³-hybridized carbons (Fsp3) is 0.0476. The molecule has 4 aliphatic carbocycles. The van der Waals surface area contributed by atoms with Crippen LogP contribution in [0.1, 0.15) is 89.0 Å². The van der Waals surface area contributed by atoms with Crippen LogP contribution in [0.4, 0.5) is 60.5 Å². The van der Waals surface area contributed by atoms with E-state index in [2.05, 4.69) is 132 Å².